The van der Waals surface area contributed by atoms with Crippen LogP contribution < -0.4 is 5.32 Å². The Morgan fingerprint density at radius 1 is 1.09 bits per heavy atom. The van der Waals surface area contributed by atoms with Crippen LogP contribution in [0.15, 0.2) is 54.7 Å². The molecule has 2 atom stereocenters. The Bertz CT molecular complexity index is 1140. The highest BCUT2D eigenvalue weighted by atomic mass is 32.1. The van der Waals surface area contributed by atoms with Gasteiger partial charge in [-0.05, 0) is 74.4 Å². The lowest BCUT2D eigenvalue weighted by Crippen LogP contribution is -2.30. The van der Waals surface area contributed by atoms with Crippen LogP contribution in [-0.2, 0) is 6.18 Å². The molecule has 3 aromatic rings. The number of unbranched alkanes of at least 4 members (excludes halogenated alkanes) is 1. The number of aromatic nitrogens is 2. The fraction of sp³-hybridized carbons (Fsp3) is 0.360. The molecule has 4 rings (SSSR count). The standard InChI is InChI=1S/C25H27F3N4S/c1-4-5-13-31-23(22(30-24(31)33)21-11-6-7-12-29-21)20-14-16(2)32(17(20)3)19-10-8-9-18(15-19)25(26,27)28/h6-12,14-15,22-23H,4-5,13H2,1-3H3,(H,30,33)/t22-,23+/m0/s1. The van der Waals surface area contributed by atoms with Crippen LogP contribution >= 0.6 is 12.2 Å². The van der Waals surface area contributed by atoms with Crippen LogP contribution in [0.4, 0.5) is 13.2 Å². The summed E-state index contributed by atoms with van der Waals surface area (Å²) >= 11 is 5.70. The second-order valence-corrected chi connectivity index (χ2v) is 8.77. The Morgan fingerprint density at radius 2 is 1.88 bits per heavy atom. The zero-order valence-corrected chi connectivity index (χ0v) is 19.7. The monoisotopic (exact) mass is 472 g/mol. The molecule has 0 bridgehead atoms. The molecule has 1 N–H and O–H groups in total. The summed E-state index contributed by atoms with van der Waals surface area (Å²) in [5, 5.41) is 4.11. The van der Waals surface area contributed by atoms with Crippen LogP contribution in [-0.4, -0.2) is 26.1 Å². The van der Waals surface area contributed by atoms with Gasteiger partial charge in [-0.2, -0.15) is 13.2 Å². The molecule has 0 saturated carbocycles. The van der Waals surface area contributed by atoms with Crippen LogP contribution in [0.3, 0.4) is 0 Å². The summed E-state index contributed by atoms with van der Waals surface area (Å²) in [5.74, 6) is 0. The lowest BCUT2D eigenvalue weighted by atomic mass is 9.96. The van der Waals surface area contributed by atoms with E-state index in [0.717, 1.165) is 48.1 Å². The number of hydrogen-bond donors (Lipinski definition) is 1. The first-order valence-corrected chi connectivity index (χ1v) is 11.5. The Morgan fingerprint density at radius 3 is 2.55 bits per heavy atom. The van der Waals surface area contributed by atoms with Crippen LogP contribution in [0.2, 0.25) is 0 Å². The molecular weight excluding hydrogens is 445 g/mol. The molecule has 1 fully saturated rings. The number of nitrogens with one attached hydrogen (secondary N) is 1. The van der Waals surface area contributed by atoms with Crippen LogP contribution in [0, 0.1) is 13.8 Å². The maximum atomic E-state index is 13.3. The molecule has 33 heavy (non-hydrogen) atoms. The van der Waals surface area contributed by atoms with Crippen molar-refractivity contribution in [3.05, 3.63) is 82.9 Å². The van der Waals surface area contributed by atoms with Gasteiger partial charge in [0.15, 0.2) is 5.11 Å². The first-order chi connectivity index (χ1) is 15.7. The average Bonchev–Trinajstić information content (AvgIpc) is 3.27. The molecule has 1 aromatic carbocycles. The Labute approximate surface area is 197 Å². The van der Waals surface area contributed by atoms with Crippen molar-refractivity contribution >= 4 is 17.3 Å². The van der Waals surface area contributed by atoms with E-state index < -0.39 is 11.7 Å². The zero-order valence-electron chi connectivity index (χ0n) is 18.9. The molecule has 0 spiro atoms. The lowest BCUT2D eigenvalue weighted by molar-refractivity contribution is -0.137. The largest absolute Gasteiger partial charge is 0.416 e. The molecule has 8 heteroatoms. The minimum Gasteiger partial charge on any atom is -0.352 e. The van der Waals surface area contributed by atoms with Gasteiger partial charge in [-0.15, -0.1) is 0 Å². The summed E-state index contributed by atoms with van der Waals surface area (Å²) < 4.78 is 41.9. The van der Waals surface area contributed by atoms with Gasteiger partial charge in [0.05, 0.1) is 23.3 Å². The highest BCUT2D eigenvalue weighted by Gasteiger charge is 2.41. The first kappa shape index (κ1) is 23.3. The van der Waals surface area contributed by atoms with Crippen molar-refractivity contribution in [1.82, 2.24) is 19.8 Å². The van der Waals surface area contributed by atoms with Crippen molar-refractivity contribution in [2.75, 3.05) is 6.54 Å². The summed E-state index contributed by atoms with van der Waals surface area (Å²) in [6.45, 7) is 6.81. The SMILES string of the molecule is CCCCN1C(=S)N[C@@H](c2ccccn2)[C@H]1c1cc(C)n(-c2cccc(C(F)(F)F)c2)c1C. The number of alkyl halides is 3. The van der Waals surface area contributed by atoms with Crippen molar-refractivity contribution < 1.29 is 13.2 Å². The third kappa shape index (κ3) is 4.49. The van der Waals surface area contributed by atoms with Crippen molar-refractivity contribution in [3.8, 4) is 5.69 Å². The molecule has 1 aliphatic heterocycles. The number of aryl methyl sites for hydroxylation is 1. The smallest absolute Gasteiger partial charge is 0.352 e. The fourth-order valence-corrected chi connectivity index (χ4v) is 4.95. The van der Waals surface area contributed by atoms with E-state index in [0.29, 0.717) is 10.8 Å². The Hall–Kier alpha value is -2.87. The second kappa shape index (κ2) is 9.17. The summed E-state index contributed by atoms with van der Waals surface area (Å²) in [6.07, 6.45) is -0.614. The predicted molar refractivity (Wildman–Crippen MR) is 127 cm³/mol. The number of thiocarbonyl (C=S) groups is 1. The van der Waals surface area contributed by atoms with Crippen molar-refractivity contribution in [3.63, 3.8) is 0 Å². The molecule has 1 saturated heterocycles. The van der Waals surface area contributed by atoms with Gasteiger partial charge in [0.2, 0.25) is 0 Å². The molecule has 2 aromatic heterocycles. The van der Waals surface area contributed by atoms with Gasteiger partial charge in [-0.3, -0.25) is 4.98 Å². The molecule has 3 heterocycles. The molecule has 174 valence electrons. The molecule has 0 aliphatic carbocycles. The van der Waals surface area contributed by atoms with Crippen molar-refractivity contribution in [1.29, 1.82) is 0 Å². The van der Waals surface area contributed by atoms with Gasteiger partial charge in [-0.1, -0.05) is 25.5 Å². The number of rotatable bonds is 6. The molecular formula is C25H27F3N4S. The third-order valence-electron chi connectivity index (χ3n) is 6.17. The molecule has 1 aliphatic rings. The van der Waals surface area contributed by atoms with Crippen LogP contribution in [0.5, 0.6) is 0 Å². The summed E-state index contributed by atoms with van der Waals surface area (Å²) in [4.78, 5) is 6.75. The highest BCUT2D eigenvalue weighted by molar-refractivity contribution is 7.80. The third-order valence-corrected chi connectivity index (χ3v) is 6.52. The summed E-state index contributed by atoms with van der Waals surface area (Å²) in [6, 6.07) is 13.1. The van der Waals surface area contributed by atoms with Crippen LogP contribution in [0.1, 0.15) is 60.1 Å². The van der Waals surface area contributed by atoms with E-state index in [4.69, 9.17) is 12.2 Å². The van der Waals surface area contributed by atoms with E-state index in [-0.39, 0.29) is 12.1 Å². The number of nitrogens with zero attached hydrogens (tertiary/aromatic N) is 3. The van der Waals surface area contributed by atoms with Gasteiger partial charge in [0.1, 0.15) is 0 Å². The van der Waals surface area contributed by atoms with Gasteiger partial charge in [-0.25, -0.2) is 0 Å². The van der Waals surface area contributed by atoms with E-state index in [9.17, 15) is 13.2 Å². The lowest BCUT2D eigenvalue weighted by Gasteiger charge is -2.28. The number of benzene rings is 1. The Balaban J connectivity index is 1.81. The minimum atomic E-state index is -4.39. The molecule has 0 unspecified atom stereocenters. The first-order valence-electron chi connectivity index (χ1n) is 11.1. The van der Waals surface area contributed by atoms with E-state index in [1.165, 1.54) is 12.1 Å². The Kier molecular flexibility index (Phi) is 6.47. The topological polar surface area (TPSA) is 33.1 Å². The zero-order chi connectivity index (χ0) is 23.8. The van der Waals surface area contributed by atoms with Gasteiger partial charge >= 0.3 is 6.18 Å². The van der Waals surface area contributed by atoms with Gasteiger partial charge in [0, 0.05) is 29.8 Å². The van der Waals surface area contributed by atoms with Crippen LogP contribution in [0.25, 0.3) is 5.69 Å². The van der Waals surface area contributed by atoms with E-state index >= 15 is 0 Å². The number of halogens is 3. The van der Waals surface area contributed by atoms with Crippen molar-refractivity contribution in [2.45, 2.75) is 51.9 Å². The summed E-state index contributed by atoms with van der Waals surface area (Å²) in [5.41, 5.74) is 3.51. The van der Waals surface area contributed by atoms with E-state index in [2.05, 4.69) is 28.2 Å². The van der Waals surface area contributed by atoms with Gasteiger partial charge in [0.25, 0.3) is 0 Å². The minimum absolute atomic E-state index is 0.107. The summed E-state index contributed by atoms with van der Waals surface area (Å²) in [7, 11) is 0. The molecule has 0 amide bonds. The van der Waals surface area contributed by atoms with E-state index in [1.807, 2.05) is 36.6 Å². The average molecular weight is 473 g/mol. The fourth-order valence-electron chi connectivity index (χ4n) is 4.62. The quantitative estimate of drug-likeness (QED) is 0.428. The maximum Gasteiger partial charge on any atom is 0.416 e. The van der Waals surface area contributed by atoms with Crippen molar-refractivity contribution in [2.24, 2.45) is 0 Å². The van der Waals surface area contributed by atoms with Gasteiger partial charge < -0.3 is 14.8 Å². The number of pyridine rings is 1. The highest BCUT2D eigenvalue weighted by Crippen LogP contribution is 2.41. The second-order valence-electron chi connectivity index (χ2n) is 8.38. The molecule has 4 nitrogen and oxygen atoms in total. The maximum absolute atomic E-state index is 13.3. The predicted octanol–water partition coefficient (Wildman–Crippen LogP) is 6.28. The van der Waals surface area contributed by atoms with E-state index in [1.54, 1.807) is 12.3 Å². The molecule has 0 radical (unpaired) electrons. The number of hydrogen-bond acceptors (Lipinski definition) is 2. The normalized spacial score (nSPS) is 18.6.